The third-order valence-corrected chi connectivity index (χ3v) is 5.37. The quantitative estimate of drug-likeness (QED) is 0.844. The van der Waals surface area contributed by atoms with Gasteiger partial charge in [-0.2, -0.15) is 4.31 Å². The van der Waals surface area contributed by atoms with Crippen LogP contribution in [-0.2, 0) is 16.6 Å². The fourth-order valence-corrected chi connectivity index (χ4v) is 3.59. The van der Waals surface area contributed by atoms with E-state index >= 15 is 0 Å². The van der Waals surface area contributed by atoms with E-state index in [1.165, 1.54) is 21.8 Å². The summed E-state index contributed by atoms with van der Waals surface area (Å²) < 4.78 is 26.6. The van der Waals surface area contributed by atoms with Crippen molar-refractivity contribution in [3.05, 3.63) is 35.0 Å². The van der Waals surface area contributed by atoms with Crippen LogP contribution in [0.5, 0.6) is 0 Å². The Morgan fingerprint density at radius 1 is 1.43 bits per heavy atom. The monoisotopic (exact) mass is 326 g/mol. The van der Waals surface area contributed by atoms with E-state index in [4.69, 9.17) is 0 Å². The average molecular weight is 326 g/mol. The first-order valence-corrected chi connectivity index (χ1v) is 8.95. The molecule has 114 valence electrons. The van der Waals surface area contributed by atoms with Crippen molar-refractivity contribution in [1.82, 2.24) is 14.3 Å². The van der Waals surface area contributed by atoms with Gasteiger partial charge in [-0.3, -0.25) is 4.98 Å². The molecule has 21 heavy (non-hydrogen) atoms. The van der Waals surface area contributed by atoms with Gasteiger partial charge in [-0.05, 0) is 12.5 Å². The Labute approximate surface area is 128 Å². The molecule has 2 aromatic heterocycles. The lowest BCUT2D eigenvalue weighted by molar-refractivity contribution is 0.463. The molecule has 0 aliphatic carbocycles. The van der Waals surface area contributed by atoms with E-state index in [1.54, 1.807) is 24.8 Å². The summed E-state index contributed by atoms with van der Waals surface area (Å²) in [7, 11) is -2.06. The number of hydrogen-bond donors (Lipinski definition) is 1. The van der Waals surface area contributed by atoms with Crippen molar-refractivity contribution in [1.29, 1.82) is 0 Å². The van der Waals surface area contributed by atoms with Gasteiger partial charge in [0.25, 0.3) is 0 Å². The van der Waals surface area contributed by atoms with Gasteiger partial charge < -0.3 is 5.32 Å². The predicted octanol–water partition coefficient (Wildman–Crippen LogP) is 2.18. The lowest BCUT2D eigenvalue weighted by Crippen LogP contribution is -2.27. The molecule has 0 fully saturated rings. The van der Waals surface area contributed by atoms with Gasteiger partial charge in [0.2, 0.25) is 10.0 Å². The molecule has 0 saturated carbocycles. The van der Waals surface area contributed by atoms with Gasteiger partial charge in [-0.25, -0.2) is 13.4 Å². The molecule has 2 heterocycles. The van der Waals surface area contributed by atoms with E-state index in [-0.39, 0.29) is 11.4 Å². The maximum absolute atomic E-state index is 12.7. The predicted molar refractivity (Wildman–Crippen MR) is 83.8 cm³/mol. The molecule has 0 bridgehead atoms. The van der Waals surface area contributed by atoms with E-state index in [9.17, 15) is 8.42 Å². The Morgan fingerprint density at radius 3 is 2.90 bits per heavy atom. The van der Waals surface area contributed by atoms with Crippen LogP contribution in [0.25, 0.3) is 0 Å². The Morgan fingerprint density at radius 2 is 2.24 bits per heavy atom. The molecule has 0 aliphatic rings. The van der Waals surface area contributed by atoms with Gasteiger partial charge in [0.1, 0.15) is 4.90 Å². The van der Waals surface area contributed by atoms with Gasteiger partial charge in [0, 0.05) is 31.4 Å². The summed E-state index contributed by atoms with van der Waals surface area (Å²) in [6.07, 6.45) is 3.87. The number of sulfonamides is 1. The third-order valence-electron chi connectivity index (χ3n) is 2.91. The molecular formula is C13H18N4O2S2. The summed E-state index contributed by atoms with van der Waals surface area (Å²) >= 11 is 1.44. The summed E-state index contributed by atoms with van der Waals surface area (Å²) in [5, 5.41) is 4.96. The van der Waals surface area contributed by atoms with Crippen molar-refractivity contribution >= 4 is 27.0 Å². The lowest BCUT2D eigenvalue weighted by Gasteiger charge is -2.18. The summed E-state index contributed by atoms with van der Waals surface area (Å²) in [6, 6.07) is 1.68. The first-order valence-electron chi connectivity index (χ1n) is 6.57. The average Bonchev–Trinajstić information content (AvgIpc) is 2.98. The molecule has 0 aliphatic heterocycles. The minimum absolute atomic E-state index is 0.191. The summed E-state index contributed by atoms with van der Waals surface area (Å²) in [4.78, 5) is 8.25. The standard InChI is InChI=1S/C13H18N4O2S2/c1-3-5-15-12-4-6-14-7-13(12)21(18,19)17(2)8-11-9-20-10-16-11/h4,6-7,9-10H,3,5,8H2,1-2H3,(H,14,15). The van der Waals surface area contributed by atoms with E-state index < -0.39 is 10.0 Å². The molecule has 0 aromatic carbocycles. The zero-order chi connectivity index (χ0) is 15.3. The molecule has 0 spiro atoms. The highest BCUT2D eigenvalue weighted by Gasteiger charge is 2.24. The number of hydrogen-bond acceptors (Lipinski definition) is 6. The molecule has 0 atom stereocenters. The van der Waals surface area contributed by atoms with Gasteiger partial charge >= 0.3 is 0 Å². The SMILES string of the molecule is CCCNc1ccncc1S(=O)(=O)N(C)Cc1cscn1. The maximum Gasteiger partial charge on any atom is 0.246 e. The molecule has 0 saturated heterocycles. The summed E-state index contributed by atoms with van der Waals surface area (Å²) in [5.41, 5.74) is 3.00. The first-order chi connectivity index (χ1) is 10.1. The molecule has 1 N–H and O–H groups in total. The van der Waals surface area contributed by atoms with Crippen molar-refractivity contribution in [2.24, 2.45) is 0 Å². The first kappa shape index (κ1) is 15.9. The highest BCUT2D eigenvalue weighted by molar-refractivity contribution is 7.89. The third kappa shape index (κ3) is 3.78. The maximum atomic E-state index is 12.7. The second-order valence-electron chi connectivity index (χ2n) is 4.54. The number of nitrogens with one attached hydrogen (secondary N) is 1. The van der Waals surface area contributed by atoms with Crippen LogP contribution in [0.1, 0.15) is 19.0 Å². The van der Waals surface area contributed by atoms with Crippen LogP contribution in [0.2, 0.25) is 0 Å². The molecule has 0 unspecified atom stereocenters. The largest absolute Gasteiger partial charge is 0.384 e. The van der Waals surface area contributed by atoms with Crippen LogP contribution in [0.15, 0.2) is 34.2 Å². The Bertz CT molecular complexity index is 671. The van der Waals surface area contributed by atoms with Gasteiger partial charge in [-0.1, -0.05) is 6.92 Å². The van der Waals surface area contributed by atoms with E-state index in [2.05, 4.69) is 15.3 Å². The van der Waals surface area contributed by atoms with Crippen LogP contribution in [0, 0.1) is 0 Å². The van der Waals surface area contributed by atoms with E-state index in [0.717, 1.165) is 12.1 Å². The number of thiazole rings is 1. The number of nitrogens with zero attached hydrogens (tertiary/aromatic N) is 3. The Kier molecular flexibility index (Phi) is 5.27. The Hall–Kier alpha value is -1.51. The minimum Gasteiger partial charge on any atom is -0.384 e. The fraction of sp³-hybridized carbons (Fsp3) is 0.385. The second-order valence-corrected chi connectivity index (χ2v) is 7.27. The molecule has 2 aromatic rings. The molecule has 6 nitrogen and oxygen atoms in total. The second kappa shape index (κ2) is 6.97. The lowest BCUT2D eigenvalue weighted by atomic mass is 10.4. The van der Waals surface area contributed by atoms with Crippen molar-refractivity contribution in [2.45, 2.75) is 24.8 Å². The van der Waals surface area contributed by atoms with Crippen LogP contribution >= 0.6 is 11.3 Å². The van der Waals surface area contributed by atoms with Crippen LogP contribution in [0.3, 0.4) is 0 Å². The van der Waals surface area contributed by atoms with Crippen molar-refractivity contribution in [2.75, 3.05) is 18.9 Å². The molecule has 0 amide bonds. The topological polar surface area (TPSA) is 75.2 Å². The van der Waals surface area contributed by atoms with Crippen molar-refractivity contribution in [3.63, 3.8) is 0 Å². The van der Waals surface area contributed by atoms with Crippen molar-refractivity contribution < 1.29 is 8.42 Å². The molecule has 8 heteroatoms. The van der Waals surface area contributed by atoms with Crippen LogP contribution in [0.4, 0.5) is 5.69 Å². The number of rotatable bonds is 7. The van der Waals surface area contributed by atoms with Crippen LogP contribution < -0.4 is 5.32 Å². The highest BCUT2D eigenvalue weighted by atomic mass is 32.2. The minimum atomic E-state index is -3.60. The Balaban J connectivity index is 2.26. The van der Waals surface area contributed by atoms with E-state index in [1.807, 2.05) is 12.3 Å². The molecular weight excluding hydrogens is 308 g/mol. The van der Waals surface area contributed by atoms with Gasteiger partial charge in [0.15, 0.2) is 0 Å². The highest BCUT2D eigenvalue weighted by Crippen LogP contribution is 2.23. The van der Waals surface area contributed by atoms with Gasteiger partial charge in [0.05, 0.1) is 23.4 Å². The smallest absolute Gasteiger partial charge is 0.246 e. The van der Waals surface area contributed by atoms with Crippen LogP contribution in [-0.4, -0.2) is 36.3 Å². The molecule has 2 rings (SSSR count). The fourth-order valence-electron chi connectivity index (χ4n) is 1.79. The van der Waals surface area contributed by atoms with Crippen molar-refractivity contribution in [3.8, 4) is 0 Å². The normalized spacial score (nSPS) is 11.8. The number of anilines is 1. The summed E-state index contributed by atoms with van der Waals surface area (Å²) in [6.45, 7) is 2.98. The number of pyridine rings is 1. The summed E-state index contributed by atoms with van der Waals surface area (Å²) in [5.74, 6) is 0. The zero-order valence-corrected chi connectivity index (χ0v) is 13.6. The van der Waals surface area contributed by atoms with E-state index in [0.29, 0.717) is 12.2 Å². The molecule has 0 radical (unpaired) electrons. The van der Waals surface area contributed by atoms with Gasteiger partial charge in [-0.15, -0.1) is 11.3 Å². The zero-order valence-electron chi connectivity index (χ0n) is 12.0. The number of aromatic nitrogens is 2.